The van der Waals surface area contributed by atoms with Gasteiger partial charge in [0.25, 0.3) is 0 Å². The number of nitrogens with one attached hydrogen (secondary N) is 1. The van der Waals surface area contributed by atoms with Crippen LogP contribution in [0.15, 0.2) is 24.3 Å². The molecule has 0 spiro atoms. The van der Waals surface area contributed by atoms with E-state index in [4.69, 9.17) is 14.2 Å². The van der Waals surface area contributed by atoms with Crippen molar-refractivity contribution in [2.24, 2.45) is 0 Å². The Bertz CT molecular complexity index is 412. The third-order valence-electron chi connectivity index (χ3n) is 3.08. The molecular formula is C18H32ClNO4. The SMILES string of the molecule is CC(C)NCC(O)COc1ccc(COCCOC(C)C)cc1.Cl. The van der Waals surface area contributed by atoms with Crippen LogP contribution in [-0.4, -0.2) is 49.7 Å². The van der Waals surface area contributed by atoms with Crippen LogP contribution in [0, 0.1) is 0 Å². The summed E-state index contributed by atoms with van der Waals surface area (Å²) in [6, 6.07) is 8.09. The highest BCUT2D eigenvalue weighted by Crippen LogP contribution is 2.13. The van der Waals surface area contributed by atoms with E-state index in [-0.39, 0.29) is 25.1 Å². The highest BCUT2D eigenvalue weighted by molar-refractivity contribution is 5.85. The monoisotopic (exact) mass is 361 g/mol. The molecule has 0 amide bonds. The Hall–Kier alpha value is -0.850. The molecule has 1 aromatic carbocycles. The standard InChI is InChI=1S/C18H31NO4.ClH/c1-14(2)19-11-17(20)13-23-18-7-5-16(6-8-18)12-21-9-10-22-15(3)4;/h5-8,14-15,17,19-20H,9-13H2,1-4H3;1H. The summed E-state index contributed by atoms with van der Waals surface area (Å²) in [5.41, 5.74) is 1.09. The molecule has 1 unspecified atom stereocenters. The highest BCUT2D eigenvalue weighted by Gasteiger charge is 2.06. The van der Waals surface area contributed by atoms with Crippen molar-refractivity contribution >= 4 is 12.4 Å². The first-order chi connectivity index (χ1) is 11.0. The van der Waals surface area contributed by atoms with Gasteiger partial charge < -0.3 is 24.6 Å². The number of benzene rings is 1. The van der Waals surface area contributed by atoms with E-state index in [9.17, 15) is 5.11 Å². The van der Waals surface area contributed by atoms with Gasteiger partial charge in [-0.1, -0.05) is 26.0 Å². The minimum Gasteiger partial charge on any atom is -0.491 e. The number of ether oxygens (including phenoxy) is 3. The topological polar surface area (TPSA) is 60.0 Å². The van der Waals surface area contributed by atoms with Crippen LogP contribution < -0.4 is 10.1 Å². The fourth-order valence-electron chi connectivity index (χ4n) is 1.84. The molecule has 1 atom stereocenters. The number of aliphatic hydroxyl groups excluding tert-OH is 1. The molecule has 24 heavy (non-hydrogen) atoms. The van der Waals surface area contributed by atoms with Crippen LogP contribution in [0.1, 0.15) is 33.3 Å². The van der Waals surface area contributed by atoms with Crippen LogP contribution in [0.5, 0.6) is 5.75 Å². The predicted octanol–water partition coefficient (Wildman–Crippen LogP) is 2.79. The molecule has 2 N–H and O–H groups in total. The fourth-order valence-corrected chi connectivity index (χ4v) is 1.84. The van der Waals surface area contributed by atoms with Gasteiger partial charge >= 0.3 is 0 Å². The molecule has 140 valence electrons. The van der Waals surface area contributed by atoms with Crippen molar-refractivity contribution in [1.29, 1.82) is 0 Å². The van der Waals surface area contributed by atoms with Crippen LogP contribution in [0.2, 0.25) is 0 Å². The first kappa shape index (κ1) is 23.1. The van der Waals surface area contributed by atoms with Crippen molar-refractivity contribution in [2.75, 3.05) is 26.4 Å². The van der Waals surface area contributed by atoms with E-state index in [1.54, 1.807) is 0 Å². The lowest BCUT2D eigenvalue weighted by atomic mass is 10.2. The second-order valence-corrected chi connectivity index (χ2v) is 6.14. The molecule has 0 aliphatic rings. The molecule has 0 saturated carbocycles. The Morgan fingerprint density at radius 3 is 2.29 bits per heavy atom. The van der Waals surface area contributed by atoms with Crippen LogP contribution in [-0.2, 0) is 16.1 Å². The maximum absolute atomic E-state index is 9.80. The fraction of sp³-hybridized carbons (Fsp3) is 0.667. The maximum atomic E-state index is 9.80. The van der Waals surface area contributed by atoms with Gasteiger partial charge in [0.2, 0.25) is 0 Å². The van der Waals surface area contributed by atoms with Crippen molar-refractivity contribution in [3.05, 3.63) is 29.8 Å². The van der Waals surface area contributed by atoms with Crippen LogP contribution >= 0.6 is 12.4 Å². The van der Waals surface area contributed by atoms with Gasteiger partial charge in [-0.3, -0.25) is 0 Å². The number of hydrogen-bond donors (Lipinski definition) is 2. The Kier molecular flexibility index (Phi) is 13.0. The van der Waals surface area contributed by atoms with E-state index in [0.29, 0.717) is 32.4 Å². The summed E-state index contributed by atoms with van der Waals surface area (Å²) < 4.78 is 16.5. The van der Waals surface area contributed by atoms with Gasteiger partial charge in [-0.25, -0.2) is 0 Å². The van der Waals surface area contributed by atoms with Crippen molar-refractivity contribution in [3.63, 3.8) is 0 Å². The van der Waals surface area contributed by atoms with Crippen molar-refractivity contribution < 1.29 is 19.3 Å². The minimum atomic E-state index is -0.513. The van der Waals surface area contributed by atoms with E-state index in [2.05, 4.69) is 5.32 Å². The van der Waals surface area contributed by atoms with E-state index in [1.165, 1.54) is 0 Å². The van der Waals surface area contributed by atoms with Crippen molar-refractivity contribution in [2.45, 2.75) is 52.6 Å². The van der Waals surface area contributed by atoms with Gasteiger partial charge in [0.1, 0.15) is 18.5 Å². The van der Waals surface area contributed by atoms with E-state index in [1.807, 2.05) is 52.0 Å². The molecule has 0 bridgehead atoms. The van der Waals surface area contributed by atoms with Crippen LogP contribution in [0.3, 0.4) is 0 Å². The molecule has 5 nitrogen and oxygen atoms in total. The summed E-state index contributed by atoms with van der Waals surface area (Å²) in [5, 5.41) is 13.0. The van der Waals surface area contributed by atoms with Crippen LogP contribution in [0.4, 0.5) is 0 Å². The summed E-state index contributed by atoms with van der Waals surface area (Å²) in [4.78, 5) is 0. The lowest BCUT2D eigenvalue weighted by Crippen LogP contribution is -2.35. The zero-order valence-corrected chi connectivity index (χ0v) is 16.0. The quantitative estimate of drug-likeness (QED) is 0.560. The summed E-state index contributed by atoms with van der Waals surface area (Å²) in [6.45, 7) is 10.7. The first-order valence-electron chi connectivity index (χ1n) is 8.30. The Morgan fingerprint density at radius 1 is 1.04 bits per heavy atom. The van der Waals surface area contributed by atoms with Gasteiger partial charge in [0, 0.05) is 12.6 Å². The summed E-state index contributed by atoms with van der Waals surface area (Å²) in [7, 11) is 0. The number of aliphatic hydroxyl groups is 1. The van der Waals surface area contributed by atoms with Crippen LogP contribution in [0.25, 0.3) is 0 Å². The molecule has 0 aliphatic carbocycles. The summed E-state index contributed by atoms with van der Waals surface area (Å²) in [5.74, 6) is 0.750. The molecule has 0 aliphatic heterocycles. The van der Waals surface area contributed by atoms with Gasteiger partial charge in [0.15, 0.2) is 0 Å². The highest BCUT2D eigenvalue weighted by atomic mass is 35.5. The third-order valence-corrected chi connectivity index (χ3v) is 3.08. The van der Waals surface area contributed by atoms with E-state index >= 15 is 0 Å². The molecule has 0 saturated heterocycles. The minimum absolute atomic E-state index is 0. The lowest BCUT2D eigenvalue weighted by molar-refractivity contribution is 0.0143. The molecule has 0 radical (unpaired) electrons. The molecule has 0 heterocycles. The normalized spacial score (nSPS) is 12.3. The molecule has 1 aromatic rings. The van der Waals surface area contributed by atoms with Crippen molar-refractivity contribution in [3.8, 4) is 5.75 Å². The first-order valence-corrected chi connectivity index (χ1v) is 8.30. The average molecular weight is 362 g/mol. The van der Waals surface area contributed by atoms with E-state index < -0.39 is 6.10 Å². The van der Waals surface area contributed by atoms with Gasteiger partial charge in [-0.2, -0.15) is 0 Å². The maximum Gasteiger partial charge on any atom is 0.119 e. The zero-order valence-electron chi connectivity index (χ0n) is 15.2. The molecular weight excluding hydrogens is 330 g/mol. The summed E-state index contributed by atoms with van der Waals surface area (Å²) in [6.07, 6.45) is -0.275. The lowest BCUT2D eigenvalue weighted by Gasteiger charge is -2.15. The van der Waals surface area contributed by atoms with Crippen molar-refractivity contribution in [1.82, 2.24) is 5.32 Å². The third kappa shape index (κ3) is 11.6. The van der Waals surface area contributed by atoms with Gasteiger partial charge in [0.05, 0.1) is 25.9 Å². The second kappa shape index (κ2) is 13.4. The van der Waals surface area contributed by atoms with E-state index in [0.717, 1.165) is 11.3 Å². The second-order valence-electron chi connectivity index (χ2n) is 6.14. The van der Waals surface area contributed by atoms with Gasteiger partial charge in [-0.05, 0) is 31.5 Å². The Labute approximate surface area is 152 Å². The number of rotatable bonds is 12. The Morgan fingerprint density at radius 2 is 1.71 bits per heavy atom. The summed E-state index contributed by atoms with van der Waals surface area (Å²) >= 11 is 0. The smallest absolute Gasteiger partial charge is 0.119 e. The Balaban J connectivity index is 0.00000529. The largest absolute Gasteiger partial charge is 0.491 e. The van der Waals surface area contributed by atoms with Gasteiger partial charge in [-0.15, -0.1) is 12.4 Å². The molecule has 6 heteroatoms. The average Bonchev–Trinajstić information content (AvgIpc) is 2.51. The zero-order chi connectivity index (χ0) is 17.1. The molecule has 1 rings (SSSR count). The molecule has 0 fully saturated rings. The number of halogens is 1. The number of hydrogen-bond acceptors (Lipinski definition) is 5. The molecule has 0 aromatic heterocycles. The predicted molar refractivity (Wildman–Crippen MR) is 99.1 cm³/mol.